The highest BCUT2D eigenvalue weighted by atomic mass is 15.1. The van der Waals surface area contributed by atoms with Crippen LogP contribution in [-0.4, -0.2) is 7.05 Å². The van der Waals surface area contributed by atoms with Crippen LogP contribution in [-0.2, 0) is 6.42 Å². The summed E-state index contributed by atoms with van der Waals surface area (Å²) in [5.41, 5.74) is 10.8. The fraction of sp³-hybridized carbons (Fsp3) is 0.0526. The zero-order valence-corrected chi connectivity index (χ0v) is 22.7. The Morgan fingerprint density at radius 2 is 0.700 bits per heavy atom. The zero-order chi connectivity index (χ0) is 27.1. The van der Waals surface area contributed by atoms with Crippen molar-refractivity contribution in [3.05, 3.63) is 175 Å². The lowest BCUT2D eigenvalue weighted by molar-refractivity contribution is 1.19. The van der Waals surface area contributed by atoms with Crippen molar-refractivity contribution in [2.75, 3.05) is 16.8 Å². The third kappa shape index (κ3) is 5.67. The quantitative estimate of drug-likeness (QED) is 0.199. The molecule has 0 aliphatic heterocycles. The number of hydrogen-bond donors (Lipinski definition) is 0. The molecule has 40 heavy (non-hydrogen) atoms. The molecule has 2 heteroatoms. The Labute approximate surface area is 237 Å². The third-order valence-electron chi connectivity index (χ3n) is 7.32. The lowest BCUT2D eigenvalue weighted by Gasteiger charge is -2.26. The van der Waals surface area contributed by atoms with E-state index in [2.05, 4.69) is 181 Å². The van der Waals surface area contributed by atoms with Gasteiger partial charge in [0.1, 0.15) is 0 Å². The molecule has 0 amide bonds. The van der Waals surface area contributed by atoms with E-state index in [1.807, 2.05) is 0 Å². The summed E-state index contributed by atoms with van der Waals surface area (Å²) in [6.45, 7) is 0. The van der Waals surface area contributed by atoms with Crippen LogP contribution in [0.25, 0.3) is 11.1 Å². The minimum absolute atomic E-state index is 0.956. The van der Waals surface area contributed by atoms with E-state index in [0.29, 0.717) is 0 Å². The van der Waals surface area contributed by atoms with E-state index < -0.39 is 0 Å². The topological polar surface area (TPSA) is 6.48 Å². The minimum Gasteiger partial charge on any atom is -0.345 e. The number of hydrogen-bond acceptors (Lipinski definition) is 2. The molecular weight excluding hydrogens is 484 g/mol. The maximum atomic E-state index is 2.28. The Bertz CT molecular complexity index is 1590. The third-order valence-corrected chi connectivity index (χ3v) is 7.32. The van der Waals surface area contributed by atoms with Crippen LogP contribution >= 0.6 is 0 Å². The molecule has 0 aromatic heterocycles. The maximum absolute atomic E-state index is 2.28. The molecule has 0 spiro atoms. The monoisotopic (exact) mass is 516 g/mol. The average Bonchev–Trinajstić information content (AvgIpc) is 3.03. The van der Waals surface area contributed by atoms with Crippen molar-refractivity contribution in [2.45, 2.75) is 6.42 Å². The van der Waals surface area contributed by atoms with E-state index in [0.717, 1.165) is 34.9 Å². The van der Waals surface area contributed by atoms with Gasteiger partial charge in [0, 0.05) is 35.5 Å². The predicted molar refractivity (Wildman–Crippen MR) is 170 cm³/mol. The Balaban J connectivity index is 1.18. The van der Waals surface area contributed by atoms with Gasteiger partial charge in [-0.15, -0.1) is 0 Å². The van der Waals surface area contributed by atoms with Gasteiger partial charge in [-0.3, -0.25) is 0 Å². The molecule has 2 nitrogen and oxygen atoms in total. The lowest BCUT2D eigenvalue weighted by atomic mass is 10.00. The van der Waals surface area contributed by atoms with E-state index >= 15 is 0 Å². The second kappa shape index (κ2) is 11.8. The Morgan fingerprint density at radius 1 is 0.350 bits per heavy atom. The first-order valence-electron chi connectivity index (χ1n) is 13.7. The van der Waals surface area contributed by atoms with Crippen molar-refractivity contribution in [1.82, 2.24) is 0 Å². The summed E-state index contributed by atoms with van der Waals surface area (Å²) in [5, 5.41) is 0. The van der Waals surface area contributed by atoms with E-state index in [-0.39, 0.29) is 0 Å². The highest BCUT2D eigenvalue weighted by molar-refractivity contribution is 5.78. The molecule has 0 unspecified atom stereocenters. The number of benzene rings is 6. The van der Waals surface area contributed by atoms with Crippen molar-refractivity contribution in [1.29, 1.82) is 0 Å². The lowest BCUT2D eigenvalue weighted by Crippen LogP contribution is -2.11. The van der Waals surface area contributed by atoms with Crippen LogP contribution in [0.4, 0.5) is 28.4 Å². The van der Waals surface area contributed by atoms with E-state index in [4.69, 9.17) is 0 Å². The van der Waals surface area contributed by atoms with Crippen LogP contribution in [0.3, 0.4) is 0 Å². The average molecular weight is 517 g/mol. The standard InChI is InChI=1S/C38H32N2/c1-39(34-23-21-33(22-24-34)32-19-17-31(18-20-32)29-30-11-5-2-6-12-30)35-25-27-38(28-26-35)40(36-13-7-3-8-14-36)37-15-9-4-10-16-37/h2-28H,29H2,1H3. The summed E-state index contributed by atoms with van der Waals surface area (Å²) in [6, 6.07) is 58.1. The summed E-state index contributed by atoms with van der Waals surface area (Å²) in [7, 11) is 2.12. The number of rotatable bonds is 8. The van der Waals surface area contributed by atoms with Gasteiger partial charge in [0.15, 0.2) is 0 Å². The van der Waals surface area contributed by atoms with Gasteiger partial charge in [-0.05, 0) is 89.3 Å². The molecule has 0 aliphatic rings. The van der Waals surface area contributed by atoms with Gasteiger partial charge in [0.2, 0.25) is 0 Å². The molecule has 0 bridgehead atoms. The van der Waals surface area contributed by atoms with Crippen molar-refractivity contribution < 1.29 is 0 Å². The molecule has 0 heterocycles. The van der Waals surface area contributed by atoms with E-state index in [9.17, 15) is 0 Å². The maximum Gasteiger partial charge on any atom is 0.0463 e. The van der Waals surface area contributed by atoms with Crippen LogP contribution in [0, 0.1) is 0 Å². The fourth-order valence-electron chi connectivity index (χ4n) is 5.10. The van der Waals surface area contributed by atoms with Gasteiger partial charge in [-0.2, -0.15) is 0 Å². The molecule has 0 aliphatic carbocycles. The molecule has 0 radical (unpaired) electrons. The second-order valence-electron chi connectivity index (χ2n) is 9.99. The number of para-hydroxylation sites is 2. The second-order valence-corrected chi connectivity index (χ2v) is 9.99. The number of anilines is 5. The first-order chi connectivity index (χ1) is 19.7. The van der Waals surface area contributed by atoms with E-state index in [1.54, 1.807) is 0 Å². The van der Waals surface area contributed by atoms with Crippen LogP contribution in [0.15, 0.2) is 164 Å². The largest absolute Gasteiger partial charge is 0.345 e. The van der Waals surface area contributed by atoms with Gasteiger partial charge in [0.05, 0.1) is 0 Å². The molecule has 6 aromatic carbocycles. The summed E-state index contributed by atoms with van der Waals surface area (Å²) in [5.74, 6) is 0. The Morgan fingerprint density at radius 3 is 1.20 bits per heavy atom. The smallest absolute Gasteiger partial charge is 0.0463 e. The summed E-state index contributed by atoms with van der Waals surface area (Å²) in [6.07, 6.45) is 0.956. The molecular formula is C38H32N2. The van der Waals surface area contributed by atoms with Gasteiger partial charge < -0.3 is 9.80 Å². The summed E-state index contributed by atoms with van der Waals surface area (Å²) >= 11 is 0. The Hall–Kier alpha value is -5.08. The molecule has 0 saturated heterocycles. The van der Waals surface area contributed by atoms with Crippen LogP contribution < -0.4 is 9.80 Å². The summed E-state index contributed by atoms with van der Waals surface area (Å²) < 4.78 is 0. The highest BCUT2D eigenvalue weighted by Gasteiger charge is 2.13. The first-order valence-corrected chi connectivity index (χ1v) is 13.7. The van der Waals surface area contributed by atoms with Crippen LogP contribution in [0.5, 0.6) is 0 Å². The minimum atomic E-state index is 0.956. The molecule has 194 valence electrons. The molecule has 0 saturated carbocycles. The molecule has 6 aromatic rings. The van der Waals surface area contributed by atoms with Crippen molar-refractivity contribution in [2.24, 2.45) is 0 Å². The Kier molecular flexibility index (Phi) is 7.41. The van der Waals surface area contributed by atoms with E-state index in [1.165, 1.54) is 22.3 Å². The molecule has 0 N–H and O–H groups in total. The zero-order valence-electron chi connectivity index (χ0n) is 22.7. The molecule has 0 fully saturated rings. The van der Waals surface area contributed by atoms with Gasteiger partial charge >= 0.3 is 0 Å². The fourth-order valence-corrected chi connectivity index (χ4v) is 5.10. The molecule has 6 rings (SSSR count). The first kappa shape index (κ1) is 25.2. The highest BCUT2D eigenvalue weighted by Crippen LogP contribution is 2.36. The SMILES string of the molecule is CN(c1ccc(-c2ccc(Cc3ccccc3)cc2)cc1)c1ccc(N(c2ccccc2)c2ccccc2)cc1. The van der Waals surface area contributed by atoms with Crippen molar-refractivity contribution in [3.8, 4) is 11.1 Å². The van der Waals surface area contributed by atoms with Gasteiger partial charge in [-0.25, -0.2) is 0 Å². The predicted octanol–water partition coefficient (Wildman–Crippen LogP) is 10.2. The van der Waals surface area contributed by atoms with Crippen molar-refractivity contribution in [3.63, 3.8) is 0 Å². The molecule has 0 atom stereocenters. The van der Waals surface area contributed by atoms with Crippen LogP contribution in [0.2, 0.25) is 0 Å². The van der Waals surface area contributed by atoms with Gasteiger partial charge in [0.25, 0.3) is 0 Å². The summed E-state index contributed by atoms with van der Waals surface area (Å²) in [4.78, 5) is 4.51. The number of nitrogens with zero attached hydrogens (tertiary/aromatic N) is 2. The van der Waals surface area contributed by atoms with Crippen LogP contribution in [0.1, 0.15) is 11.1 Å². The van der Waals surface area contributed by atoms with Gasteiger partial charge in [-0.1, -0.05) is 103 Å². The normalized spacial score (nSPS) is 10.7. The van der Waals surface area contributed by atoms with Crippen molar-refractivity contribution >= 4 is 28.4 Å².